The second kappa shape index (κ2) is 8.88. The Balaban J connectivity index is 1.33. The minimum absolute atomic E-state index is 0.464. The van der Waals surface area contributed by atoms with Crippen LogP contribution in [0.4, 0.5) is 0 Å². The van der Waals surface area contributed by atoms with Gasteiger partial charge in [-0.2, -0.15) is 0 Å². The Hall–Kier alpha value is -1.96. The molecule has 2 fully saturated rings. The topological polar surface area (TPSA) is 47.8 Å². The lowest BCUT2D eigenvalue weighted by Gasteiger charge is -2.42. The van der Waals surface area contributed by atoms with E-state index >= 15 is 0 Å². The number of likely N-dealkylation sites (N-methyl/N-ethyl adjacent to an activating group) is 1. The number of fused-ring (bicyclic) bond motifs is 1. The van der Waals surface area contributed by atoms with Gasteiger partial charge in [0.1, 0.15) is 0 Å². The van der Waals surface area contributed by atoms with E-state index in [1.165, 1.54) is 10.9 Å². The molecule has 0 amide bonds. The van der Waals surface area contributed by atoms with E-state index in [0.717, 1.165) is 68.3 Å². The van der Waals surface area contributed by atoms with Gasteiger partial charge in [0, 0.05) is 67.8 Å². The fourth-order valence-corrected chi connectivity index (χ4v) is 5.09. The zero-order chi connectivity index (χ0) is 21.4. The van der Waals surface area contributed by atoms with Crippen LogP contribution in [0.3, 0.4) is 0 Å². The number of aromatic nitrogens is 2. The fourth-order valence-electron chi connectivity index (χ4n) is 4.97. The van der Waals surface area contributed by atoms with E-state index in [1.54, 1.807) is 0 Å². The van der Waals surface area contributed by atoms with Crippen LogP contribution in [-0.2, 0) is 0 Å². The van der Waals surface area contributed by atoms with Crippen LogP contribution in [0, 0.1) is 0 Å². The van der Waals surface area contributed by atoms with Crippen molar-refractivity contribution in [3.63, 3.8) is 0 Å². The van der Waals surface area contributed by atoms with E-state index in [9.17, 15) is 5.11 Å². The van der Waals surface area contributed by atoms with Crippen molar-refractivity contribution in [1.29, 1.82) is 0 Å². The summed E-state index contributed by atoms with van der Waals surface area (Å²) in [6.07, 6.45) is 7.73. The maximum Gasteiger partial charge on any atom is 0.165 e. The van der Waals surface area contributed by atoms with Gasteiger partial charge in [-0.15, -0.1) is 0 Å². The number of aliphatic hydroxyl groups excluding tert-OH is 1. The molecule has 3 aromatic rings. The maximum absolute atomic E-state index is 10.9. The summed E-state index contributed by atoms with van der Waals surface area (Å²) < 4.78 is 2.22. The molecule has 2 saturated heterocycles. The lowest BCUT2D eigenvalue weighted by molar-refractivity contribution is -0.130. The monoisotopic (exact) mass is 439 g/mol. The van der Waals surface area contributed by atoms with Crippen molar-refractivity contribution in [3.05, 3.63) is 59.5 Å². The Morgan fingerprint density at radius 2 is 1.65 bits per heavy atom. The van der Waals surface area contributed by atoms with Crippen molar-refractivity contribution >= 4 is 22.5 Å². The molecule has 164 valence electrons. The number of piperazine rings is 1. The van der Waals surface area contributed by atoms with Crippen LogP contribution < -0.4 is 0 Å². The summed E-state index contributed by atoms with van der Waals surface area (Å²) in [5, 5.41) is 12.9. The van der Waals surface area contributed by atoms with Gasteiger partial charge in [-0.25, -0.2) is 0 Å². The van der Waals surface area contributed by atoms with Gasteiger partial charge in [0.25, 0.3) is 0 Å². The lowest BCUT2D eigenvalue weighted by atomic mass is 9.89. The number of pyridine rings is 1. The molecule has 2 aliphatic heterocycles. The van der Waals surface area contributed by atoms with Gasteiger partial charge in [-0.3, -0.25) is 14.8 Å². The molecule has 2 aromatic heterocycles. The van der Waals surface area contributed by atoms with E-state index in [-0.39, 0.29) is 0 Å². The van der Waals surface area contributed by atoms with Crippen LogP contribution in [0.5, 0.6) is 0 Å². The van der Waals surface area contributed by atoms with Crippen LogP contribution in [0.2, 0.25) is 5.02 Å². The largest absolute Gasteiger partial charge is 0.365 e. The normalized spacial score (nSPS) is 21.0. The number of aliphatic hydroxyl groups is 1. The predicted molar refractivity (Wildman–Crippen MR) is 125 cm³/mol. The molecule has 7 heteroatoms. The Morgan fingerprint density at radius 1 is 0.968 bits per heavy atom. The molecule has 2 aliphatic rings. The van der Waals surface area contributed by atoms with E-state index in [4.69, 9.17) is 11.6 Å². The quantitative estimate of drug-likeness (QED) is 0.675. The van der Waals surface area contributed by atoms with Gasteiger partial charge >= 0.3 is 0 Å². The van der Waals surface area contributed by atoms with Crippen LogP contribution in [0.25, 0.3) is 16.6 Å². The summed E-state index contributed by atoms with van der Waals surface area (Å²) >= 11 is 6.09. The molecule has 1 unspecified atom stereocenters. The highest BCUT2D eigenvalue weighted by Gasteiger charge is 2.30. The molecular weight excluding hydrogens is 410 g/mol. The van der Waals surface area contributed by atoms with Gasteiger partial charge in [0.15, 0.2) is 6.35 Å². The summed E-state index contributed by atoms with van der Waals surface area (Å²) in [6.45, 7) is 5.73. The highest BCUT2D eigenvalue weighted by Crippen LogP contribution is 2.36. The minimum atomic E-state index is -0.464. The molecule has 0 radical (unpaired) electrons. The van der Waals surface area contributed by atoms with Crippen molar-refractivity contribution in [2.24, 2.45) is 0 Å². The van der Waals surface area contributed by atoms with E-state index in [0.29, 0.717) is 5.92 Å². The Labute approximate surface area is 188 Å². The van der Waals surface area contributed by atoms with Gasteiger partial charge in [0.05, 0.1) is 11.7 Å². The molecule has 1 atom stereocenters. The van der Waals surface area contributed by atoms with Crippen LogP contribution in [0.15, 0.2) is 48.9 Å². The number of halogens is 1. The zero-order valence-electron chi connectivity index (χ0n) is 18.0. The molecule has 0 saturated carbocycles. The van der Waals surface area contributed by atoms with E-state index < -0.39 is 6.35 Å². The fraction of sp³-hybridized carbons (Fsp3) is 0.458. The first-order valence-corrected chi connectivity index (χ1v) is 11.5. The first-order valence-electron chi connectivity index (χ1n) is 11.2. The van der Waals surface area contributed by atoms with Crippen LogP contribution >= 0.6 is 11.6 Å². The van der Waals surface area contributed by atoms with Crippen molar-refractivity contribution in [1.82, 2.24) is 24.3 Å². The smallest absolute Gasteiger partial charge is 0.165 e. The number of benzene rings is 1. The number of hydrogen-bond donors (Lipinski definition) is 1. The third-order valence-corrected chi connectivity index (χ3v) is 7.16. The molecule has 0 bridgehead atoms. The third-order valence-electron chi connectivity index (χ3n) is 6.90. The highest BCUT2D eigenvalue weighted by atomic mass is 35.5. The maximum atomic E-state index is 10.9. The lowest BCUT2D eigenvalue weighted by Crippen LogP contribution is -2.56. The molecule has 1 N–H and O–H groups in total. The molecule has 4 heterocycles. The summed E-state index contributed by atoms with van der Waals surface area (Å²) in [7, 11) is 2.14. The summed E-state index contributed by atoms with van der Waals surface area (Å²) in [4.78, 5) is 11.1. The molecule has 5 rings (SSSR count). The third kappa shape index (κ3) is 4.23. The van der Waals surface area contributed by atoms with Crippen molar-refractivity contribution < 1.29 is 5.11 Å². The highest BCUT2D eigenvalue weighted by molar-refractivity contribution is 6.30. The Bertz CT molecular complexity index is 1020. The number of hydrogen-bond acceptors (Lipinski definition) is 5. The average molecular weight is 440 g/mol. The van der Waals surface area contributed by atoms with Crippen LogP contribution in [0.1, 0.15) is 24.3 Å². The second-order valence-corrected chi connectivity index (χ2v) is 9.26. The van der Waals surface area contributed by atoms with Crippen molar-refractivity contribution in [2.45, 2.75) is 25.1 Å². The van der Waals surface area contributed by atoms with Crippen molar-refractivity contribution in [2.75, 3.05) is 46.3 Å². The SMILES string of the molecule is CN1CCN(C(O)N2CCC(c3cn(-c4ccc(Cl)cc4)c4cnccc34)CC2)CC1. The number of nitrogens with zero attached hydrogens (tertiary/aromatic N) is 5. The molecule has 31 heavy (non-hydrogen) atoms. The van der Waals surface area contributed by atoms with Gasteiger partial charge < -0.3 is 14.6 Å². The van der Waals surface area contributed by atoms with Gasteiger partial charge in [-0.05, 0) is 61.7 Å². The van der Waals surface area contributed by atoms with E-state index in [2.05, 4.69) is 43.6 Å². The standard InChI is InChI=1S/C24H30ClN5O/c1-27-12-14-29(15-13-27)24(31)28-10-7-18(8-11-28)22-17-30(20-4-2-19(25)3-5-20)23-16-26-9-6-21(22)23/h2-6,9,16-18,24,31H,7-8,10-15H2,1H3. The molecule has 6 nitrogen and oxygen atoms in total. The molecule has 1 aromatic carbocycles. The summed E-state index contributed by atoms with van der Waals surface area (Å²) in [5.41, 5.74) is 3.59. The molecule has 0 spiro atoms. The number of piperidine rings is 1. The predicted octanol–water partition coefficient (Wildman–Crippen LogP) is 3.38. The molecule has 0 aliphatic carbocycles. The zero-order valence-corrected chi connectivity index (χ0v) is 18.7. The summed E-state index contributed by atoms with van der Waals surface area (Å²) in [6, 6.07) is 10.1. The minimum Gasteiger partial charge on any atom is -0.365 e. The Morgan fingerprint density at radius 3 is 2.35 bits per heavy atom. The first kappa shape index (κ1) is 20.9. The second-order valence-electron chi connectivity index (χ2n) is 8.82. The summed E-state index contributed by atoms with van der Waals surface area (Å²) in [5.74, 6) is 0.481. The Kier molecular flexibility index (Phi) is 5.99. The average Bonchev–Trinajstić information content (AvgIpc) is 3.19. The van der Waals surface area contributed by atoms with Gasteiger partial charge in [-0.1, -0.05) is 11.6 Å². The number of rotatable bonds is 4. The number of likely N-dealkylation sites (tertiary alicyclic amines) is 1. The van der Waals surface area contributed by atoms with Gasteiger partial charge in [0.2, 0.25) is 0 Å². The van der Waals surface area contributed by atoms with Crippen LogP contribution in [-0.4, -0.2) is 82.0 Å². The molecular formula is C24H30ClN5O. The first-order chi connectivity index (χ1) is 15.1. The van der Waals surface area contributed by atoms with E-state index in [1.807, 2.05) is 36.7 Å². The van der Waals surface area contributed by atoms with Crippen molar-refractivity contribution in [3.8, 4) is 5.69 Å².